The molecule has 26 heavy (non-hydrogen) atoms. The zero-order chi connectivity index (χ0) is 17.9. The molecule has 2 heterocycles. The van der Waals surface area contributed by atoms with Crippen LogP contribution in [-0.4, -0.2) is 39.3 Å². The van der Waals surface area contributed by atoms with Crippen molar-refractivity contribution in [3.8, 4) is 11.8 Å². The lowest BCUT2D eigenvalue weighted by Gasteiger charge is -2.33. The van der Waals surface area contributed by atoms with Gasteiger partial charge in [-0.3, -0.25) is 5.10 Å². The van der Waals surface area contributed by atoms with E-state index in [1.165, 1.54) is 31.4 Å². The van der Waals surface area contributed by atoms with Crippen LogP contribution in [0, 0.1) is 0 Å². The lowest BCUT2D eigenvalue weighted by molar-refractivity contribution is 0.380. The van der Waals surface area contributed by atoms with Crippen molar-refractivity contribution in [1.29, 1.82) is 0 Å². The van der Waals surface area contributed by atoms with Crippen molar-refractivity contribution < 1.29 is 4.74 Å². The lowest BCUT2D eigenvalue weighted by atomic mass is 9.91. The molecule has 0 aromatic carbocycles. The first-order valence-electron chi connectivity index (χ1n) is 9.73. The Labute approximate surface area is 154 Å². The minimum atomic E-state index is 0.337. The summed E-state index contributed by atoms with van der Waals surface area (Å²) < 4.78 is 5.87. The van der Waals surface area contributed by atoms with E-state index >= 15 is 0 Å². The summed E-state index contributed by atoms with van der Waals surface area (Å²) in [5.41, 5.74) is 7.18. The average molecular weight is 356 g/mol. The number of hydrogen-bond acceptors (Lipinski definition) is 6. The molecular weight excluding hydrogens is 328 g/mol. The summed E-state index contributed by atoms with van der Waals surface area (Å²) in [6, 6.07) is 4.55. The normalized spacial score (nSPS) is 23.9. The fourth-order valence-electron chi connectivity index (χ4n) is 4.13. The molecule has 2 saturated carbocycles. The van der Waals surface area contributed by atoms with Crippen LogP contribution in [-0.2, 0) is 0 Å². The van der Waals surface area contributed by atoms with Gasteiger partial charge in [0.2, 0.25) is 17.7 Å². The molecule has 0 aliphatic heterocycles. The molecule has 0 unspecified atom stereocenters. The standard InChI is InChI=1S/C19H28N6O/c1-25(15-8-6-14(20)7-9-15)19-21-11-10-17(22-19)26-18-12-16(23-24-18)13-4-2-3-5-13/h10-15H,2-9,20H2,1H3,(H,23,24)/t14-,15-. The quantitative estimate of drug-likeness (QED) is 0.853. The second kappa shape index (κ2) is 7.61. The molecule has 0 radical (unpaired) electrons. The number of aromatic nitrogens is 4. The molecule has 0 atom stereocenters. The maximum Gasteiger partial charge on any atom is 0.240 e. The first-order chi connectivity index (χ1) is 12.7. The molecule has 2 aliphatic carbocycles. The lowest BCUT2D eigenvalue weighted by Crippen LogP contribution is -2.39. The summed E-state index contributed by atoms with van der Waals surface area (Å²) >= 11 is 0. The number of aromatic amines is 1. The maximum atomic E-state index is 6.01. The summed E-state index contributed by atoms with van der Waals surface area (Å²) in [7, 11) is 2.05. The third-order valence-electron chi connectivity index (χ3n) is 5.80. The first kappa shape index (κ1) is 17.3. The number of nitrogens with one attached hydrogen (secondary N) is 1. The Kier molecular flexibility index (Phi) is 5.06. The Morgan fingerprint density at radius 2 is 1.88 bits per heavy atom. The first-order valence-corrected chi connectivity index (χ1v) is 9.73. The van der Waals surface area contributed by atoms with Crippen LogP contribution in [0.15, 0.2) is 18.3 Å². The van der Waals surface area contributed by atoms with Gasteiger partial charge < -0.3 is 15.4 Å². The molecule has 0 spiro atoms. The van der Waals surface area contributed by atoms with Gasteiger partial charge in [-0.15, -0.1) is 5.10 Å². The Hall–Kier alpha value is -2.15. The van der Waals surface area contributed by atoms with Crippen LogP contribution in [0.1, 0.15) is 63.0 Å². The topological polar surface area (TPSA) is 93.0 Å². The second-order valence-electron chi connectivity index (χ2n) is 7.62. The number of nitrogens with zero attached hydrogens (tertiary/aromatic N) is 4. The van der Waals surface area contributed by atoms with Gasteiger partial charge in [0.05, 0.1) is 0 Å². The number of hydrogen-bond donors (Lipinski definition) is 2. The van der Waals surface area contributed by atoms with Gasteiger partial charge in [0.1, 0.15) is 0 Å². The van der Waals surface area contributed by atoms with Crippen molar-refractivity contribution in [3.05, 3.63) is 24.0 Å². The molecule has 2 aliphatic rings. The Balaban J connectivity index is 1.42. The van der Waals surface area contributed by atoms with Crippen molar-refractivity contribution >= 4 is 5.95 Å². The van der Waals surface area contributed by atoms with Crippen LogP contribution in [0.5, 0.6) is 11.8 Å². The van der Waals surface area contributed by atoms with Gasteiger partial charge in [-0.2, -0.15) is 4.98 Å². The molecule has 3 N–H and O–H groups in total. The van der Waals surface area contributed by atoms with Crippen LogP contribution in [0.2, 0.25) is 0 Å². The molecule has 0 bridgehead atoms. The van der Waals surface area contributed by atoms with Gasteiger partial charge in [-0.25, -0.2) is 4.98 Å². The van der Waals surface area contributed by atoms with E-state index in [1.807, 2.05) is 13.1 Å². The smallest absolute Gasteiger partial charge is 0.240 e. The largest absolute Gasteiger partial charge is 0.419 e. The number of nitrogens with two attached hydrogens (primary N) is 1. The van der Waals surface area contributed by atoms with Crippen molar-refractivity contribution in [2.75, 3.05) is 11.9 Å². The van der Waals surface area contributed by atoms with Crippen LogP contribution in [0.4, 0.5) is 5.95 Å². The van der Waals surface area contributed by atoms with Crippen molar-refractivity contribution in [2.45, 2.75) is 69.4 Å². The highest BCUT2D eigenvalue weighted by Crippen LogP contribution is 2.34. The molecule has 4 rings (SSSR count). The van der Waals surface area contributed by atoms with Gasteiger partial charge in [0.25, 0.3) is 0 Å². The van der Waals surface area contributed by atoms with Gasteiger partial charge in [0, 0.05) is 49.1 Å². The fraction of sp³-hybridized carbons (Fsp3) is 0.632. The van der Waals surface area contributed by atoms with Crippen LogP contribution >= 0.6 is 0 Å². The zero-order valence-electron chi connectivity index (χ0n) is 15.4. The number of H-pyrrole nitrogens is 1. The van der Waals surface area contributed by atoms with Gasteiger partial charge >= 0.3 is 0 Å². The van der Waals surface area contributed by atoms with Crippen LogP contribution in [0.3, 0.4) is 0 Å². The summed E-state index contributed by atoms with van der Waals surface area (Å²) in [5.74, 6) is 2.38. The molecule has 7 nitrogen and oxygen atoms in total. The van der Waals surface area contributed by atoms with Gasteiger partial charge in [-0.05, 0) is 38.5 Å². The maximum absolute atomic E-state index is 6.01. The van der Waals surface area contributed by atoms with E-state index in [-0.39, 0.29) is 0 Å². The zero-order valence-corrected chi connectivity index (χ0v) is 15.4. The minimum absolute atomic E-state index is 0.337. The van der Waals surface area contributed by atoms with E-state index in [1.54, 1.807) is 12.3 Å². The predicted molar refractivity (Wildman–Crippen MR) is 101 cm³/mol. The Morgan fingerprint density at radius 3 is 2.65 bits per heavy atom. The summed E-state index contributed by atoms with van der Waals surface area (Å²) in [5, 5.41) is 7.41. The van der Waals surface area contributed by atoms with Crippen molar-refractivity contribution in [2.24, 2.45) is 5.73 Å². The molecule has 2 fully saturated rings. The summed E-state index contributed by atoms with van der Waals surface area (Å²) in [4.78, 5) is 11.1. The van der Waals surface area contributed by atoms with E-state index in [0.717, 1.165) is 25.7 Å². The molecule has 0 amide bonds. The average Bonchev–Trinajstić information content (AvgIpc) is 3.34. The highest BCUT2D eigenvalue weighted by Gasteiger charge is 2.24. The Bertz CT molecular complexity index is 718. The van der Waals surface area contributed by atoms with E-state index in [4.69, 9.17) is 10.5 Å². The van der Waals surface area contributed by atoms with E-state index < -0.39 is 0 Å². The second-order valence-corrected chi connectivity index (χ2v) is 7.62. The molecule has 2 aromatic rings. The molecular formula is C19H28N6O. The SMILES string of the molecule is CN(c1nccc(Oc2cc(C3CCCC3)[nH]n2)n1)[C@H]1CC[C@H](N)CC1. The highest BCUT2D eigenvalue weighted by molar-refractivity contribution is 5.34. The van der Waals surface area contributed by atoms with E-state index in [9.17, 15) is 0 Å². The van der Waals surface area contributed by atoms with Gasteiger partial charge in [-0.1, -0.05) is 12.8 Å². The van der Waals surface area contributed by atoms with Crippen molar-refractivity contribution in [3.63, 3.8) is 0 Å². The third kappa shape index (κ3) is 3.82. The van der Waals surface area contributed by atoms with Gasteiger partial charge in [0.15, 0.2) is 0 Å². The van der Waals surface area contributed by atoms with Crippen molar-refractivity contribution in [1.82, 2.24) is 20.2 Å². The molecule has 0 saturated heterocycles. The fourth-order valence-corrected chi connectivity index (χ4v) is 4.13. The molecule has 140 valence electrons. The monoisotopic (exact) mass is 356 g/mol. The van der Waals surface area contributed by atoms with Crippen LogP contribution < -0.4 is 15.4 Å². The summed E-state index contributed by atoms with van der Waals surface area (Å²) in [6.45, 7) is 0. The van der Waals surface area contributed by atoms with E-state index in [2.05, 4.69) is 25.1 Å². The number of ether oxygens (including phenoxy) is 1. The summed E-state index contributed by atoms with van der Waals surface area (Å²) in [6.07, 6.45) is 11.1. The number of anilines is 1. The molecule has 2 aromatic heterocycles. The third-order valence-corrected chi connectivity index (χ3v) is 5.80. The molecule has 7 heteroatoms. The predicted octanol–water partition coefficient (Wildman–Crippen LogP) is 3.36. The minimum Gasteiger partial charge on any atom is -0.419 e. The van der Waals surface area contributed by atoms with Crippen LogP contribution in [0.25, 0.3) is 0 Å². The Morgan fingerprint density at radius 1 is 1.12 bits per heavy atom. The van der Waals surface area contributed by atoms with E-state index in [0.29, 0.717) is 35.7 Å². The number of rotatable bonds is 5. The highest BCUT2D eigenvalue weighted by atomic mass is 16.5.